The van der Waals surface area contributed by atoms with E-state index in [2.05, 4.69) is 38.3 Å². The molecule has 0 fully saturated rings. The molecular weight excluding hydrogens is 272 g/mol. The van der Waals surface area contributed by atoms with Crippen molar-refractivity contribution in [2.45, 2.75) is 10.8 Å². The molecule has 1 aromatic heterocycles. The lowest BCUT2D eigenvalue weighted by molar-refractivity contribution is 0.929. The fraction of sp³-hybridized carbons (Fsp3) is 0.0909. The Labute approximate surface area is 101 Å². The number of benzene rings is 1. The van der Waals surface area contributed by atoms with Crippen molar-refractivity contribution in [1.82, 2.24) is 10.2 Å². The summed E-state index contributed by atoms with van der Waals surface area (Å²) in [5.74, 6) is 0.923. The minimum atomic E-state index is 0.923. The Morgan fingerprint density at radius 1 is 1.13 bits per heavy atom. The van der Waals surface area contributed by atoms with Crippen molar-refractivity contribution in [3.8, 4) is 0 Å². The van der Waals surface area contributed by atoms with Gasteiger partial charge in [0.2, 0.25) is 0 Å². The summed E-state index contributed by atoms with van der Waals surface area (Å²) < 4.78 is 1.11. The summed E-state index contributed by atoms with van der Waals surface area (Å²) in [4.78, 5) is 0. The fourth-order valence-corrected chi connectivity index (χ4v) is 2.15. The van der Waals surface area contributed by atoms with Crippen molar-refractivity contribution in [1.29, 1.82) is 0 Å². The predicted octanol–water partition coefficient (Wildman–Crippen LogP) is 3.53. The Balaban J connectivity index is 1.96. The highest BCUT2D eigenvalue weighted by atomic mass is 79.9. The van der Waals surface area contributed by atoms with Gasteiger partial charge in [0.25, 0.3) is 0 Å². The van der Waals surface area contributed by atoms with Crippen molar-refractivity contribution < 1.29 is 0 Å². The van der Waals surface area contributed by atoms with Gasteiger partial charge in [0, 0.05) is 16.4 Å². The van der Waals surface area contributed by atoms with E-state index in [-0.39, 0.29) is 0 Å². The van der Waals surface area contributed by atoms with E-state index in [1.165, 1.54) is 5.56 Å². The topological polar surface area (TPSA) is 25.8 Å². The summed E-state index contributed by atoms with van der Waals surface area (Å²) in [5, 5.41) is 8.81. The van der Waals surface area contributed by atoms with Crippen LogP contribution in [-0.2, 0) is 5.75 Å². The highest BCUT2D eigenvalue weighted by molar-refractivity contribution is 9.10. The summed E-state index contributed by atoms with van der Waals surface area (Å²) in [7, 11) is 0. The molecule has 2 nitrogen and oxygen atoms in total. The Kier molecular flexibility index (Phi) is 3.75. The molecule has 0 bridgehead atoms. The number of rotatable bonds is 3. The van der Waals surface area contributed by atoms with Crippen LogP contribution >= 0.6 is 27.7 Å². The quantitative estimate of drug-likeness (QED) is 0.805. The fourth-order valence-electron chi connectivity index (χ4n) is 1.10. The minimum absolute atomic E-state index is 0.923. The van der Waals surface area contributed by atoms with Crippen LogP contribution in [0.5, 0.6) is 0 Å². The zero-order chi connectivity index (χ0) is 10.5. The number of aromatic nitrogens is 2. The molecule has 2 rings (SSSR count). The molecule has 0 atom stereocenters. The molecule has 0 saturated heterocycles. The van der Waals surface area contributed by atoms with Crippen molar-refractivity contribution >= 4 is 27.7 Å². The zero-order valence-corrected chi connectivity index (χ0v) is 10.3. The van der Waals surface area contributed by atoms with Gasteiger partial charge in [0.1, 0.15) is 5.03 Å². The van der Waals surface area contributed by atoms with Gasteiger partial charge >= 0.3 is 0 Å². The smallest absolute Gasteiger partial charge is 0.119 e. The second-order valence-corrected chi connectivity index (χ2v) is 4.89. The Bertz CT molecular complexity index is 416. The van der Waals surface area contributed by atoms with Crippen LogP contribution in [0.2, 0.25) is 0 Å². The van der Waals surface area contributed by atoms with Crippen LogP contribution in [0.15, 0.2) is 52.1 Å². The molecule has 1 heterocycles. The van der Waals surface area contributed by atoms with Gasteiger partial charge in [-0.2, -0.15) is 5.10 Å². The van der Waals surface area contributed by atoms with E-state index in [1.54, 1.807) is 18.0 Å². The monoisotopic (exact) mass is 280 g/mol. The van der Waals surface area contributed by atoms with Crippen LogP contribution in [-0.4, -0.2) is 10.2 Å². The molecule has 4 heteroatoms. The van der Waals surface area contributed by atoms with Crippen LogP contribution in [0.4, 0.5) is 0 Å². The first-order valence-electron chi connectivity index (χ1n) is 4.49. The van der Waals surface area contributed by atoms with E-state index in [9.17, 15) is 0 Å². The molecule has 0 radical (unpaired) electrons. The average molecular weight is 281 g/mol. The Hall–Kier alpha value is -0.870. The third-order valence-corrected chi connectivity index (χ3v) is 3.37. The molecule has 1 aromatic carbocycles. The standard InChI is InChI=1S/C11H9BrN2S/c12-10-5-3-9(4-6-10)8-15-11-2-1-7-13-14-11/h1-7H,8H2. The molecule has 0 spiro atoms. The van der Waals surface area contributed by atoms with Gasteiger partial charge in [-0.05, 0) is 29.8 Å². The number of hydrogen-bond acceptors (Lipinski definition) is 3. The average Bonchev–Trinajstić information content (AvgIpc) is 2.30. The predicted molar refractivity (Wildman–Crippen MR) is 65.7 cm³/mol. The molecule has 76 valence electrons. The lowest BCUT2D eigenvalue weighted by Crippen LogP contribution is -1.84. The van der Waals surface area contributed by atoms with Gasteiger partial charge in [-0.15, -0.1) is 5.10 Å². The largest absolute Gasteiger partial charge is 0.158 e. The van der Waals surface area contributed by atoms with Gasteiger partial charge < -0.3 is 0 Å². The van der Waals surface area contributed by atoms with Gasteiger partial charge in [-0.1, -0.05) is 39.8 Å². The number of hydrogen-bond donors (Lipinski definition) is 0. The highest BCUT2D eigenvalue weighted by Crippen LogP contribution is 2.20. The van der Waals surface area contributed by atoms with E-state index >= 15 is 0 Å². The maximum absolute atomic E-state index is 4.02. The lowest BCUT2D eigenvalue weighted by atomic mass is 10.2. The molecule has 0 aliphatic heterocycles. The van der Waals surface area contributed by atoms with Crippen LogP contribution in [0.3, 0.4) is 0 Å². The van der Waals surface area contributed by atoms with E-state index in [0.717, 1.165) is 15.3 Å². The zero-order valence-electron chi connectivity index (χ0n) is 7.93. The summed E-state index contributed by atoms with van der Waals surface area (Å²) >= 11 is 5.10. The maximum atomic E-state index is 4.02. The molecule has 0 amide bonds. The van der Waals surface area contributed by atoms with Gasteiger partial charge in [-0.3, -0.25) is 0 Å². The maximum Gasteiger partial charge on any atom is 0.119 e. The lowest BCUT2D eigenvalue weighted by Gasteiger charge is -2.00. The van der Waals surface area contributed by atoms with Crippen LogP contribution in [0.1, 0.15) is 5.56 Å². The van der Waals surface area contributed by atoms with E-state index < -0.39 is 0 Å². The summed E-state index contributed by atoms with van der Waals surface area (Å²) in [6, 6.07) is 12.2. The molecule has 15 heavy (non-hydrogen) atoms. The molecule has 0 aliphatic rings. The normalized spacial score (nSPS) is 10.2. The van der Waals surface area contributed by atoms with E-state index in [0.29, 0.717) is 0 Å². The molecule has 0 aliphatic carbocycles. The van der Waals surface area contributed by atoms with Crippen molar-refractivity contribution in [2.24, 2.45) is 0 Å². The Morgan fingerprint density at radius 2 is 1.93 bits per heavy atom. The number of nitrogens with zero attached hydrogens (tertiary/aromatic N) is 2. The van der Waals surface area contributed by atoms with Gasteiger partial charge in [0.15, 0.2) is 0 Å². The van der Waals surface area contributed by atoms with Crippen molar-refractivity contribution in [2.75, 3.05) is 0 Å². The third kappa shape index (κ3) is 3.32. The molecule has 2 aromatic rings. The number of halogens is 1. The van der Waals surface area contributed by atoms with Gasteiger partial charge in [-0.25, -0.2) is 0 Å². The second kappa shape index (κ2) is 5.28. The summed E-state index contributed by atoms with van der Waals surface area (Å²) in [6.07, 6.45) is 1.68. The molecular formula is C11H9BrN2S. The third-order valence-electron chi connectivity index (χ3n) is 1.85. The summed E-state index contributed by atoms with van der Waals surface area (Å²) in [5.41, 5.74) is 1.29. The van der Waals surface area contributed by atoms with E-state index in [1.807, 2.05) is 24.3 Å². The SMILES string of the molecule is Brc1ccc(CSc2cccnn2)cc1. The molecule has 0 N–H and O–H groups in total. The second-order valence-electron chi connectivity index (χ2n) is 2.98. The van der Waals surface area contributed by atoms with Crippen LogP contribution in [0, 0.1) is 0 Å². The Morgan fingerprint density at radius 3 is 2.60 bits per heavy atom. The number of thioether (sulfide) groups is 1. The van der Waals surface area contributed by atoms with E-state index in [4.69, 9.17) is 0 Å². The first-order chi connectivity index (χ1) is 7.34. The highest BCUT2D eigenvalue weighted by Gasteiger charge is 1.97. The van der Waals surface area contributed by atoms with Crippen molar-refractivity contribution in [3.05, 3.63) is 52.6 Å². The first-order valence-corrected chi connectivity index (χ1v) is 6.27. The van der Waals surface area contributed by atoms with Crippen molar-refractivity contribution in [3.63, 3.8) is 0 Å². The molecule has 0 unspecified atom stereocenters. The summed E-state index contributed by atoms with van der Waals surface area (Å²) in [6.45, 7) is 0. The van der Waals surface area contributed by atoms with Gasteiger partial charge in [0.05, 0.1) is 0 Å². The molecule has 0 saturated carbocycles. The van der Waals surface area contributed by atoms with Crippen LogP contribution in [0.25, 0.3) is 0 Å². The van der Waals surface area contributed by atoms with Crippen LogP contribution < -0.4 is 0 Å². The minimum Gasteiger partial charge on any atom is -0.158 e. The first kappa shape index (κ1) is 10.6.